The minimum atomic E-state index is -0.842. The molecule has 0 aliphatic carbocycles. The van der Waals surface area contributed by atoms with Crippen LogP contribution in [-0.2, 0) is 4.74 Å². The summed E-state index contributed by atoms with van der Waals surface area (Å²) >= 11 is 0. The number of hydrogen-bond acceptors (Lipinski definition) is 3. The van der Waals surface area contributed by atoms with Crippen LogP contribution in [0, 0.1) is 0 Å². The first-order chi connectivity index (χ1) is 8.63. The van der Waals surface area contributed by atoms with E-state index >= 15 is 0 Å². The fourth-order valence-electron chi connectivity index (χ4n) is 1.72. The van der Waals surface area contributed by atoms with Crippen molar-refractivity contribution in [1.29, 1.82) is 0 Å². The SMILES string of the molecule is CO[C@H](c1ccc(N(C)C)cc1)[C@@H](CF)N=[N+]=[N-]. The van der Waals surface area contributed by atoms with Crippen LogP contribution in [0.2, 0.25) is 0 Å². The predicted molar refractivity (Wildman–Crippen MR) is 69.4 cm³/mol. The predicted octanol–water partition coefficient (Wildman–Crippen LogP) is 3.09. The van der Waals surface area contributed by atoms with Gasteiger partial charge in [-0.25, -0.2) is 0 Å². The van der Waals surface area contributed by atoms with Gasteiger partial charge >= 0.3 is 0 Å². The third-order valence-electron chi connectivity index (χ3n) is 2.70. The molecular weight excluding hydrogens is 235 g/mol. The van der Waals surface area contributed by atoms with Crippen molar-refractivity contribution in [3.8, 4) is 0 Å². The van der Waals surface area contributed by atoms with E-state index in [1.165, 1.54) is 7.11 Å². The Morgan fingerprint density at radius 3 is 2.39 bits per heavy atom. The molecule has 5 nitrogen and oxygen atoms in total. The molecule has 98 valence electrons. The Morgan fingerprint density at radius 1 is 1.39 bits per heavy atom. The van der Waals surface area contributed by atoms with Crippen molar-refractivity contribution in [2.45, 2.75) is 12.1 Å². The number of rotatable bonds is 6. The fraction of sp³-hybridized carbons (Fsp3) is 0.500. The van der Waals surface area contributed by atoms with E-state index in [2.05, 4.69) is 10.0 Å². The van der Waals surface area contributed by atoms with Crippen LogP contribution in [-0.4, -0.2) is 33.9 Å². The highest BCUT2D eigenvalue weighted by atomic mass is 19.1. The monoisotopic (exact) mass is 252 g/mol. The molecule has 0 spiro atoms. The maximum absolute atomic E-state index is 12.8. The van der Waals surface area contributed by atoms with Crippen molar-refractivity contribution in [3.05, 3.63) is 40.3 Å². The average molecular weight is 252 g/mol. The summed E-state index contributed by atoms with van der Waals surface area (Å²) in [6.45, 7) is -0.752. The Morgan fingerprint density at radius 2 is 2.00 bits per heavy atom. The lowest BCUT2D eigenvalue weighted by atomic mass is 10.0. The number of anilines is 1. The van der Waals surface area contributed by atoms with Crippen molar-refractivity contribution in [3.63, 3.8) is 0 Å². The molecule has 0 N–H and O–H groups in total. The van der Waals surface area contributed by atoms with Crippen LogP contribution < -0.4 is 4.90 Å². The van der Waals surface area contributed by atoms with Gasteiger partial charge in [-0.3, -0.25) is 4.39 Å². The molecule has 18 heavy (non-hydrogen) atoms. The molecule has 1 rings (SSSR count). The summed E-state index contributed by atoms with van der Waals surface area (Å²) in [6.07, 6.45) is -0.567. The van der Waals surface area contributed by atoms with E-state index in [4.69, 9.17) is 10.3 Å². The van der Waals surface area contributed by atoms with Gasteiger partial charge in [-0.1, -0.05) is 17.2 Å². The maximum Gasteiger partial charge on any atom is 0.101 e. The Hall–Kier alpha value is -1.78. The number of hydrogen-bond donors (Lipinski definition) is 0. The van der Waals surface area contributed by atoms with Crippen LogP contribution in [0.1, 0.15) is 11.7 Å². The summed E-state index contributed by atoms with van der Waals surface area (Å²) in [6, 6.07) is 6.67. The van der Waals surface area contributed by atoms with Crippen molar-refractivity contribution in [2.24, 2.45) is 5.11 Å². The van der Waals surface area contributed by atoms with Gasteiger partial charge in [0, 0.05) is 31.8 Å². The van der Waals surface area contributed by atoms with Gasteiger partial charge in [-0.15, -0.1) is 0 Å². The first kappa shape index (κ1) is 14.3. The van der Waals surface area contributed by atoms with E-state index < -0.39 is 18.8 Å². The number of alkyl halides is 1. The summed E-state index contributed by atoms with van der Waals surface area (Å²) in [5.41, 5.74) is 10.2. The summed E-state index contributed by atoms with van der Waals surface area (Å²) < 4.78 is 18.0. The van der Waals surface area contributed by atoms with E-state index in [1.807, 2.05) is 43.3 Å². The van der Waals surface area contributed by atoms with Gasteiger partial charge in [0.15, 0.2) is 0 Å². The summed E-state index contributed by atoms with van der Waals surface area (Å²) in [7, 11) is 5.35. The van der Waals surface area contributed by atoms with Gasteiger partial charge in [-0.05, 0) is 23.2 Å². The second-order valence-corrected chi connectivity index (χ2v) is 4.07. The normalized spacial score (nSPS) is 13.6. The lowest BCUT2D eigenvalue weighted by Crippen LogP contribution is -2.20. The number of halogens is 1. The molecule has 0 aromatic heterocycles. The van der Waals surface area contributed by atoms with Crippen molar-refractivity contribution < 1.29 is 9.13 Å². The molecule has 0 heterocycles. The third kappa shape index (κ3) is 3.35. The van der Waals surface area contributed by atoms with Gasteiger partial charge in [0.25, 0.3) is 0 Å². The van der Waals surface area contributed by atoms with E-state index in [0.29, 0.717) is 0 Å². The molecule has 0 radical (unpaired) electrons. The Kier molecular flexibility index (Phi) is 5.42. The van der Waals surface area contributed by atoms with Crippen LogP contribution in [0.3, 0.4) is 0 Å². The van der Waals surface area contributed by atoms with E-state index in [-0.39, 0.29) is 0 Å². The molecule has 2 atom stereocenters. The minimum absolute atomic E-state index is 0.567. The molecule has 0 bridgehead atoms. The largest absolute Gasteiger partial charge is 0.378 e. The molecule has 0 saturated carbocycles. The van der Waals surface area contributed by atoms with Crippen molar-refractivity contribution in [1.82, 2.24) is 0 Å². The van der Waals surface area contributed by atoms with E-state index in [0.717, 1.165) is 11.3 Å². The lowest BCUT2D eigenvalue weighted by molar-refractivity contribution is 0.0722. The third-order valence-corrected chi connectivity index (χ3v) is 2.70. The molecule has 0 amide bonds. The summed E-state index contributed by atoms with van der Waals surface area (Å²) in [5.74, 6) is 0. The molecule has 1 aromatic carbocycles. The minimum Gasteiger partial charge on any atom is -0.378 e. The highest BCUT2D eigenvalue weighted by Gasteiger charge is 2.22. The number of benzene rings is 1. The molecule has 0 aliphatic rings. The van der Waals surface area contributed by atoms with Gasteiger partial charge in [-0.2, -0.15) is 0 Å². The van der Waals surface area contributed by atoms with Crippen molar-refractivity contribution >= 4 is 5.69 Å². The Balaban J connectivity index is 2.97. The standard InChI is InChI=1S/C12H17FN4O/c1-17(2)10-6-4-9(5-7-10)12(18-3)11(8-13)15-16-14/h4-7,11-12H,8H2,1-3H3/t11-,12-/m1/s1. The highest BCUT2D eigenvalue weighted by molar-refractivity contribution is 5.46. The molecular formula is C12H17FN4O. The summed E-state index contributed by atoms with van der Waals surface area (Å²) in [5, 5.41) is 3.42. The molecule has 1 aromatic rings. The maximum atomic E-state index is 12.8. The highest BCUT2D eigenvalue weighted by Crippen LogP contribution is 2.25. The zero-order valence-corrected chi connectivity index (χ0v) is 10.7. The zero-order valence-electron chi connectivity index (χ0n) is 10.7. The Labute approximate surface area is 106 Å². The number of methoxy groups -OCH3 is 1. The van der Waals surface area contributed by atoms with E-state index in [1.54, 1.807) is 0 Å². The molecule has 0 unspecified atom stereocenters. The van der Waals surface area contributed by atoms with Crippen LogP contribution in [0.4, 0.5) is 10.1 Å². The number of nitrogens with zero attached hydrogens (tertiary/aromatic N) is 4. The van der Waals surface area contributed by atoms with Crippen LogP contribution in [0.25, 0.3) is 10.4 Å². The lowest BCUT2D eigenvalue weighted by Gasteiger charge is -2.21. The van der Waals surface area contributed by atoms with Crippen LogP contribution in [0.5, 0.6) is 0 Å². The van der Waals surface area contributed by atoms with Crippen LogP contribution >= 0.6 is 0 Å². The number of azide groups is 1. The Bertz CT molecular complexity index is 415. The van der Waals surface area contributed by atoms with Gasteiger partial charge in [0.05, 0.1) is 12.1 Å². The molecule has 0 fully saturated rings. The molecule has 6 heteroatoms. The number of ether oxygens (including phenoxy) is 1. The van der Waals surface area contributed by atoms with Gasteiger partial charge in [0.1, 0.15) is 6.67 Å². The quantitative estimate of drug-likeness (QED) is 0.443. The topological polar surface area (TPSA) is 61.2 Å². The van der Waals surface area contributed by atoms with Crippen molar-refractivity contribution in [2.75, 3.05) is 32.8 Å². The second kappa shape index (κ2) is 6.83. The van der Waals surface area contributed by atoms with E-state index in [9.17, 15) is 4.39 Å². The van der Waals surface area contributed by atoms with Gasteiger partial charge < -0.3 is 9.64 Å². The van der Waals surface area contributed by atoms with Gasteiger partial charge in [0.2, 0.25) is 0 Å². The smallest absolute Gasteiger partial charge is 0.101 e. The first-order valence-electron chi connectivity index (χ1n) is 5.54. The second-order valence-electron chi connectivity index (χ2n) is 4.07. The molecule has 0 saturated heterocycles. The molecule has 0 aliphatic heterocycles. The zero-order chi connectivity index (χ0) is 13.5. The average Bonchev–Trinajstić information content (AvgIpc) is 2.39. The van der Waals surface area contributed by atoms with Crippen LogP contribution in [0.15, 0.2) is 29.4 Å². The fourth-order valence-corrected chi connectivity index (χ4v) is 1.72. The summed E-state index contributed by atoms with van der Waals surface area (Å²) in [4.78, 5) is 4.61. The first-order valence-corrected chi connectivity index (χ1v) is 5.54.